The first-order valence-electron chi connectivity index (χ1n) is 18.9. The van der Waals surface area contributed by atoms with Crippen molar-refractivity contribution < 1.29 is 8.83 Å². The molecule has 2 aromatic heterocycles. The average molecular weight is 719 g/mol. The van der Waals surface area contributed by atoms with Crippen molar-refractivity contribution in [1.29, 1.82) is 0 Å². The summed E-state index contributed by atoms with van der Waals surface area (Å²) in [5, 5.41) is 6.72. The molecular formula is C52H34N2O2. The van der Waals surface area contributed by atoms with Crippen LogP contribution in [0.15, 0.2) is 215 Å². The zero-order valence-electron chi connectivity index (χ0n) is 30.3. The van der Waals surface area contributed by atoms with Crippen LogP contribution >= 0.6 is 0 Å². The van der Waals surface area contributed by atoms with Gasteiger partial charge in [-0.3, -0.25) is 0 Å². The van der Waals surface area contributed by atoms with Crippen LogP contribution in [0.5, 0.6) is 0 Å². The van der Waals surface area contributed by atoms with Crippen molar-refractivity contribution in [2.45, 2.75) is 0 Å². The fourth-order valence-electron chi connectivity index (χ4n) is 8.24. The Hall–Kier alpha value is -7.56. The van der Waals surface area contributed by atoms with Crippen LogP contribution in [0.1, 0.15) is 0 Å². The second-order valence-electron chi connectivity index (χ2n) is 14.1. The highest BCUT2D eigenvalue weighted by molar-refractivity contribution is 6.19. The van der Waals surface area contributed by atoms with Crippen molar-refractivity contribution in [1.82, 2.24) is 0 Å². The zero-order valence-corrected chi connectivity index (χ0v) is 30.3. The van der Waals surface area contributed by atoms with Crippen molar-refractivity contribution in [3.05, 3.63) is 206 Å². The first kappa shape index (κ1) is 31.9. The molecule has 0 aliphatic heterocycles. The van der Waals surface area contributed by atoms with Gasteiger partial charge in [-0.05, 0) is 107 Å². The molecule has 0 saturated carbocycles. The van der Waals surface area contributed by atoms with Gasteiger partial charge in [0.2, 0.25) is 0 Å². The number of rotatable bonds is 7. The molecule has 4 nitrogen and oxygen atoms in total. The summed E-state index contributed by atoms with van der Waals surface area (Å²) in [4.78, 5) is 4.65. The molecule has 4 heteroatoms. The molecule has 0 bridgehead atoms. The van der Waals surface area contributed by atoms with Crippen LogP contribution in [0.3, 0.4) is 0 Å². The van der Waals surface area contributed by atoms with E-state index in [2.05, 4.69) is 204 Å². The molecule has 11 rings (SSSR count). The maximum Gasteiger partial charge on any atom is 0.137 e. The molecule has 11 aromatic rings. The summed E-state index contributed by atoms with van der Waals surface area (Å²) in [7, 11) is 0. The molecule has 9 aromatic carbocycles. The number of furan rings is 2. The van der Waals surface area contributed by atoms with E-state index in [1.165, 1.54) is 16.3 Å². The molecule has 0 fully saturated rings. The Balaban J connectivity index is 1.15. The van der Waals surface area contributed by atoms with Crippen molar-refractivity contribution in [3.8, 4) is 11.1 Å². The molecule has 0 aliphatic carbocycles. The highest BCUT2D eigenvalue weighted by Gasteiger charge is 2.24. The predicted octanol–water partition coefficient (Wildman–Crippen LogP) is 15.2. The van der Waals surface area contributed by atoms with Crippen molar-refractivity contribution in [2.24, 2.45) is 0 Å². The van der Waals surface area contributed by atoms with Gasteiger partial charge in [-0.1, -0.05) is 115 Å². The number of nitrogens with zero attached hydrogens (tertiary/aromatic N) is 2. The summed E-state index contributed by atoms with van der Waals surface area (Å²) in [5.41, 5.74) is 11.9. The lowest BCUT2D eigenvalue weighted by molar-refractivity contribution is 0.669. The normalized spacial score (nSPS) is 11.6. The Labute approximate surface area is 323 Å². The van der Waals surface area contributed by atoms with Gasteiger partial charge in [0.05, 0.1) is 22.1 Å². The van der Waals surface area contributed by atoms with E-state index in [1.54, 1.807) is 0 Å². The van der Waals surface area contributed by atoms with Gasteiger partial charge < -0.3 is 18.6 Å². The fraction of sp³-hybridized carbons (Fsp3) is 0. The molecule has 0 aliphatic rings. The Morgan fingerprint density at radius 1 is 0.286 bits per heavy atom. The summed E-state index contributed by atoms with van der Waals surface area (Å²) in [6.07, 6.45) is 0. The number of benzene rings is 9. The number of hydrogen-bond donors (Lipinski definition) is 0. The number of para-hydroxylation sites is 3. The highest BCUT2D eigenvalue weighted by Crippen LogP contribution is 2.48. The topological polar surface area (TPSA) is 32.8 Å². The van der Waals surface area contributed by atoms with Gasteiger partial charge in [0.15, 0.2) is 0 Å². The van der Waals surface area contributed by atoms with Crippen molar-refractivity contribution in [2.75, 3.05) is 9.80 Å². The molecule has 0 atom stereocenters. The van der Waals surface area contributed by atoms with Crippen LogP contribution in [0.4, 0.5) is 34.1 Å². The minimum absolute atomic E-state index is 0.814. The van der Waals surface area contributed by atoms with Gasteiger partial charge in [0.1, 0.15) is 22.3 Å². The molecule has 2 heterocycles. The van der Waals surface area contributed by atoms with E-state index >= 15 is 0 Å². The largest absolute Gasteiger partial charge is 0.456 e. The maximum absolute atomic E-state index is 6.73. The highest BCUT2D eigenvalue weighted by atomic mass is 16.3. The first-order chi connectivity index (χ1) is 27.8. The Kier molecular flexibility index (Phi) is 7.46. The third-order valence-electron chi connectivity index (χ3n) is 10.8. The Morgan fingerprint density at radius 3 is 1.48 bits per heavy atom. The molecule has 0 spiro atoms. The lowest BCUT2D eigenvalue weighted by Gasteiger charge is -2.28. The van der Waals surface area contributed by atoms with E-state index in [1.807, 2.05) is 12.1 Å². The summed E-state index contributed by atoms with van der Waals surface area (Å²) in [6, 6.07) is 72.6. The first-order valence-corrected chi connectivity index (χ1v) is 18.9. The summed E-state index contributed by atoms with van der Waals surface area (Å²) in [5.74, 6) is 0. The standard InChI is InChI=1S/C52H34N2O2/c1-3-15-39(16-4-1)53(40-17-5-2-6-18-40)45-20-11-23-48-51(45)52-46(21-12-24-49(52)56-48)54(42-31-32-44-43-19-9-10-22-47(43)55-50(44)34-42)41-29-27-36(28-30-41)38-26-25-35-13-7-8-14-37(35)33-38/h1-34H. The molecule has 0 radical (unpaired) electrons. The second-order valence-corrected chi connectivity index (χ2v) is 14.1. The lowest BCUT2D eigenvalue weighted by atomic mass is 10.0. The third kappa shape index (κ3) is 5.31. The number of fused-ring (bicyclic) bond motifs is 7. The third-order valence-corrected chi connectivity index (χ3v) is 10.8. The molecule has 56 heavy (non-hydrogen) atoms. The van der Waals surface area contributed by atoms with Gasteiger partial charge >= 0.3 is 0 Å². The summed E-state index contributed by atoms with van der Waals surface area (Å²) >= 11 is 0. The predicted molar refractivity (Wildman–Crippen MR) is 233 cm³/mol. The van der Waals surface area contributed by atoms with Crippen molar-refractivity contribution >= 4 is 88.8 Å². The van der Waals surface area contributed by atoms with Crippen LogP contribution < -0.4 is 9.80 Å². The summed E-state index contributed by atoms with van der Waals surface area (Å²) < 4.78 is 13.2. The van der Waals surface area contributed by atoms with Crippen LogP contribution in [-0.2, 0) is 0 Å². The van der Waals surface area contributed by atoms with Gasteiger partial charge in [-0.15, -0.1) is 0 Å². The van der Waals surface area contributed by atoms with Gasteiger partial charge in [0, 0.05) is 39.6 Å². The quantitative estimate of drug-likeness (QED) is 0.164. The number of hydrogen-bond acceptors (Lipinski definition) is 4. The van der Waals surface area contributed by atoms with E-state index < -0.39 is 0 Å². The lowest BCUT2D eigenvalue weighted by Crippen LogP contribution is -2.11. The van der Waals surface area contributed by atoms with Crippen LogP contribution in [0.25, 0.3) is 65.8 Å². The van der Waals surface area contributed by atoms with Gasteiger partial charge in [-0.25, -0.2) is 0 Å². The van der Waals surface area contributed by atoms with E-state index in [4.69, 9.17) is 8.83 Å². The number of anilines is 6. The average Bonchev–Trinajstić information content (AvgIpc) is 3.84. The van der Waals surface area contributed by atoms with Crippen LogP contribution in [0.2, 0.25) is 0 Å². The monoisotopic (exact) mass is 718 g/mol. The maximum atomic E-state index is 6.73. The van der Waals surface area contributed by atoms with Gasteiger partial charge in [-0.2, -0.15) is 0 Å². The SMILES string of the molecule is c1ccc(N(c2ccccc2)c2cccc3oc4cccc(N(c5ccc(-c6ccc7ccccc7c6)cc5)c5ccc6c(c5)oc5ccccc56)c4c23)cc1. The van der Waals surface area contributed by atoms with E-state index in [-0.39, 0.29) is 0 Å². The minimum Gasteiger partial charge on any atom is -0.456 e. The zero-order chi connectivity index (χ0) is 37.0. The van der Waals surface area contributed by atoms with E-state index in [9.17, 15) is 0 Å². The van der Waals surface area contributed by atoms with E-state index in [0.29, 0.717) is 0 Å². The van der Waals surface area contributed by atoms with Crippen LogP contribution in [-0.4, -0.2) is 0 Å². The molecule has 0 N–H and O–H groups in total. The fourth-order valence-corrected chi connectivity index (χ4v) is 8.24. The minimum atomic E-state index is 0.814. The van der Waals surface area contributed by atoms with E-state index in [0.717, 1.165) is 83.6 Å². The Morgan fingerprint density at radius 2 is 0.786 bits per heavy atom. The Bertz CT molecular complexity index is 3160. The van der Waals surface area contributed by atoms with Crippen molar-refractivity contribution in [3.63, 3.8) is 0 Å². The molecular weight excluding hydrogens is 685 g/mol. The molecule has 0 amide bonds. The van der Waals surface area contributed by atoms with Crippen LogP contribution in [0, 0.1) is 0 Å². The molecule has 264 valence electrons. The smallest absolute Gasteiger partial charge is 0.137 e. The second kappa shape index (κ2) is 13.1. The molecule has 0 unspecified atom stereocenters. The molecule has 0 saturated heterocycles. The summed E-state index contributed by atoms with van der Waals surface area (Å²) in [6.45, 7) is 0. The van der Waals surface area contributed by atoms with Gasteiger partial charge in [0.25, 0.3) is 0 Å².